The van der Waals surface area contributed by atoms with Crippen LogP contribution >= 0.6 is 0 Å². The number of allylic oxidation sites excluding steroid dienone is 4. The fourth-order valence-electron chi connectivity index (χ4n) is 1.73. The maximum atomic E-state index is 2.12. The van der Waals surface area contributed by atoms with Crippen LogP contribution in [0.4, 0.5) is 0 Å². The van der Waals surface area contributed by atoms with E-state index in [9.17, 15) is 0 Å². The van der Waals surface area contributed by atoms with Gasteiger partial charge in [0.1, 0.15) is 0 Å². The van der Waals surface area contributed by atoms with E-state index in [2.05, 4.69) is 28.6 Å². The van der Waals surface area contributed by atoms with Crippen LogP contribution in [0.5, 0.6) is 0 Å². The molecule has 0 atom stereocenters. The fourth-order valence-corrected chi connectivity index (χ4v) is 1.73. The third-order valence-corrected chi connectivity index (χ3v) is 2.42. The van der Waals surface area contributed by atoms with E-state index >= 15 is 0 Å². The van der Waals surface area contributed by atoms with E-state index in [4.69, 9.17) is 0 Å². The Labute approximate surface area is 88.9 Å². The molecule has 4 heteroatoms. The molecule has 0 bridgehead atoms. The molecule has 0 saturated heterocycles. The highest BCUT2D eigenvalue weighted by atomic mass is 16.0. The quantitative estimate of drug-likeness (QED) is 0.588. The molecule has 0 amide bonds. The standard InChI is InChI=1S/C11H12N4/c1-3-10-14-12(6-1)8-5-9-13-7-2-4-11-15(13)14/h1-8,10-11H,9H2. The average Bonchev–Trinajstić information content (AvgIpc) is 2.48. The minimum Gasteiger partial charge on any atom is -0.269 e. The predicted molar refractivity (Wildman–Crippen MR) is 57.9 cm³/mol. The summed E-state index contributed by atoms with van der Waals surface area (Å²) in [6.45, 7) is 0.871. The van der Waals surface area contributed by atoms with Crippen LogP contribution in [0.25, 0.3) is 0 Å². The summed E-state index contributed by atoms with van der Waals surface area (Å²) in [6, 6.07) is 0. The van der Waals surface area contributed by atoms with Gasteiger partial charge in [0.15, 0.2) is 0 Å². The average molecular weight is 200 g/mol. The maximum Gasteiger partial charge on any atom is 0.0607 e. The number of hydrazine groups is 3. The van der Waals surface area contributed by atoms with E-state index in [-0.39, 0.29) is 0 Å². The molecule has 3 rings (SSSR count). The van der Waals surface area contributed by atoms with Crippen LogP contribution in [0.15, 0.2) is 61.4 Å². The highest BCUT2D eigenvalue weighted by molar-refractivity contribution is 5.13. The Hall–Kier alpha value is -2.10. The molecular formula is C11H12N4. The molecule has 0 aromatic carbocycles. The Morgan fingerprint density at radius 3 is 2.33 bits per heavy atom. The summed E-state index contributed by atoms with van der Waals surface area (Å²) in [4.78, 5) is 0. The summed E-state index contributed by atoms with van der Waals surface area (Å²) in [7, 11) is 0. The molecule has 0 spiro atoms. The topological polar surface area (TPSA) is 13.0 Å². The van der Waals surface area contributed by atoms with Crippen molar-refractivity contribution in [2.24, 2.45) is 0 Å². The molecule has 3 heterocycles. The molecule has 0 aliphatic carbocycles. The maximum absolute atomic E-state index is 2.12. The molecule has 76 valence electrons. The van der Waals surface area contributed by atoms with Crippen LogP contribution in [-0.4, -0.2) is 26.8 Å². The second-order valence-electron chi connectivity index (χ2n) is 3.39. The Morgan fingerprint density at radius 2 is 1.40 bits per heavy atom. The predicted octanol–water partition coefficient (Wildman–Crippen LogP) is 1.55. The van der Waals surface area contributed by atoms with Gasteiger partial charge in [0.25, 0.3) is 0 Å². The minimum atomic E-state index is 0.871. The lowest BCUT2D eigenvalue weighted by Crippen LogP contribution is -2.49. The number of hydrogen-bond acceptors (Lipinski definition) is 4. The van der Waals surface area contributed by atoms with Crippen molar-refractivity contribution < 1.29 is 0 Å². The number of nitrogens with zero attached hydrogens (tertiary/aromatic N) is 4. The molecule has 0 aromatic rings. The second-order valence-corrected chi connectivity index (χ2v) is 3.39. The summed E-state index contributed by atoms with van der Waals surface area (Å²) >= 11 is 0. The van der Waals surface area contributed by atoms with Gasteiger partial charge >= 0.3 is 0 Å². The van der Waals surface area contributed by atoms with E-state index in [1.807, 2.05) is 53.0 Å². The van der Waals surface area contributed by atoms with E-state index in [0.29, 0.717) is 0 Å². The van der Waals surface area contributed by atoms with Crippen LogP contribution in [-0.2, 0) is 0 Å². The van der Waals surface area contributed by atoms with Crippen molar-refractivity contribution in [2.75, 3.05) is 6.54 Å². The van der Waals surface area contributed by atoms with Gasteiger partial charge in [-0.15, -0.1) is 0 Å². The summed E-state index contributed by atoms with van der Waals surface area (Å²) in [5.41, 5.74) is 0. The van der Waals surface area contributed by atoms with E-state index in [1.54, 1.807) is 0 Å². The van der Waals surface area contributed by atoms with E-state index in [1.165, 1.54) is 0 Å². The molecule has 0 fully saturated rings. The zero-order valence-corrected chi connectivity index (χ0v) is 8.27. The van der Waals surface area contributed by atoms with Crippen molar-refractivity contribution in [2.45, 2.75) is 0 Å². The highest BCUT2D eigenvalue weighted by Gasteiger charge is 2.21. The normalized spacial score (nSPS) is 21.9. The Kier molecular flexibility index (Phi) is 1.78. The lowest BCUT2D eigenvalue weighted by atomic mass is 10.5. The van der Waals surface area contributed by atoms with Gasteiger partial charge in [0.2, 0.25) is 0 Å². The van der Waals surface area contributed by atoms with Crippen LogP contribution in [0.2, 0.25) is 0 Å². The first-order valence-electron chi connectivity index (χ1n) is 4.95. The van der Waals surface area contributed by atoms with Crippen molar-refractivity contribution >= 4 is 0 Å². The third kappa shape index (κ3) is 1.30. The van der Waals surface area contributed by atoms with Crippen molar-refractivity contribution in [1.82, 2.24) is 20.3 Å². The van der Waals surface area contributed by atoms with Gasteiger partial charge in [-0.3, -0.25) is 5.01 Å². The van der Waals surface area contributed by atoms with Crippen LogP contribution < -0.4 is 0 Å². The van der Waals surface area contributed by atoms with Gasteiger partial charge in [-0.25, -0.2) is 5.01 Å². The van der Waals surface area contributed by atoms with E-state index < -0.39 is 0 Å². The Bertz CT molecular complexity index is 391. The molecular weight excluding hydrogens is 188 g/mol. The SMILES string of the molecule is C1=CN2C=CCN3C=CC=CN3N2C=C1. The zero-order chi connectivity index (χ0) is 10.1. The zero-order valence-electron chi connectivity index (χ0n) is 8.27. The van der Waals surface area contributed by atoms with Gasteiger partial charge in [-0.1, -0.05) is 0 Å². The summed E-state index contributed by atoms with van der Waals surface area (Å²) < 4.78 is 0. The summed E-state index contributed by atoms with van der Waals surface area (Å²) in [5, 5.41) is 8.24. The monoisotopic (exact) mass is 200 g/mol. The van der Waals surface area contributed by atoms with Gasteiger partial charge < -0.3 is 0 Å². The molecule has 0 radical (unpaired) electrons. The molecule has 0 unspecified atom stereocenters. The summed E-state index contributed by atoms with van der Waals surface area (Å²) in [5.74, 6) is 0. The van der Waals surface area contributed by atoms with Crippen molar-refractivity contribution in [3.05, 3.63) is 61.4 Å². The smallest absolute Gasteiger partial charge is 0.0607 e. The Balaban J connectivity index is 1.96. The lowest BCUT2D eigenvalue weighted by molar-refractivity contribution is -0.160. The highest BCUT2D eigenvalue weighted by Crippen LogP contribution is 2.19. The van der Waals surface area contributed by atoms with Crippen LogP contribution in [0, 0.1) is 0 Å². The van der Waals surface area contributed by atoms with Crippen molar-refractivity contribution in [3.8, 4) is 0 Å². The minimum absolute atomic E-state index is 0.871. The number of fused-ring (bicyclic) bond motifs is 3. The molecule has 3 aliphatic heterocycles. The lowest BCUT2D eigenvalue weighted by Gasteiger charge is -2.43. The van der Waals surface area contributed by atoms with Crippen LogP contribution in [0.3, 0.4) is 0 Å². The molecule has 0 aromatic heterocycles. The first-order valence-corrected chi connectivity index (χ1v) is 4.95. The van der Waals surface area contributed by atoms with Gasteiger partial charge in [-0.2, -0.15) is 10.2 Å². The first kappa shape index (κ1) is 8.23. The van der Waals surface area contributed by atoms with Crippen molar-refractivity contribution in [1.29, 1.82) is 0 Å². The third-order valence-electron chi connectivity index (χ3n) is 2.42. The molecule has 0 N–H and O–H groups in total. The fraction of sp³-hybridized carbons (Fsp3) is 0.0909. The molecule has 15 heavy (non-hydrogen) atoms. The molecule has 3 aliphatic rings. The first-order chi connectivity index (χ1) is 7.45. The van der Waals surface area contributed by atoms with Gasteiger partial charge in [-0.05, 0) is 30.4 Å². The van der Waals surface area contributed by atoms with Gasteiger partial charge in [0.05, 0.1) is 6.54 Å². The Morgan fingerprint density at radius 1 is 0.667 bits per heavy atom. The van der Waals surface area contributed by atoms with Crippen LogP contribution in [0.1, 0.15) is 0 Å². The van der Waals surface area contributed by atoms with Crippen molar-refractivity contribution in [3.63, 3.8) is 0 Å². The summed E-state index contributed by atoms with van der Waals surface area (Å²) in [6.07, 6.45) is 20.4. The molecule has 0 saturated carbocycles. The van der Waals surface area contributed by atoms with E-state index in [0.717, 1.165) is 6.54 Å². The number of rotatable bonds is 0. The largest absolute Gasteiger partial charge is 0.269 e. The second kappa shape index (κ2) is 3.24. The van der Waals surface area contributed by atoms with Gasteiger partial charge in [0, 0.05) is 31.0 Å². The molecule has 4 nitrogen and oxygen atoms in total. The number of hydrogen-bond donors (Lipinski definition) is 0.